The average molecular weight is 497 g/mol. The summed E-state index contributed by atoms with van der Waals surface area (Å²) in [5.74, 6) is 3.38. The van der Waals surface area contributed by atoms with E-state index in [4.69, 9.17) is 9.72 Å². The number of rotatable bonds is 9. The SMILES string of the molecule is CCCN(CC(C)C)c1ncc2ncnc(Nc3ccc(Oc4ccc5c(c4)ncn5C)c(C)c3)c2n1. The van der Waals surface area contributed by atoms with Crippen molar-refractivity contribution >= 4 is 39.5 Å². The number of nitrogens with one attached hydrogen (secondary N) is 1. The molecule has 1 N–H and O–H groups in total. The Balaban J connectivity index is 1.39. The van der Waals surface area contributed by atoms with E-state index in [1.165, 1.54) is 6.33 Å². The lowest BCUT2D eigenvalue weighted by Crippen LogP contribution is -2.30. The monoisotopic (exact) mass is 496 g/mol. The van der Waals surface area contributed by atoms with Gasteiger partial charge in [-0.3, -0.25) is 0 Å². The average Bonchev–Trinajstić information content (AvgIpc) is 3.25. The quantitative estimate of drug-likeness (QED) is 0.265. The van der Waals surface area contributed by atoms with Crippen LogP contribution in [0.5, 0.6) is 11.5 Å². The third-order valence-corrected chi connectivity index (χ3v) is 6.09. The van der Waals surface area contributed by atoms with Crippen LogP contribution in [-0.4, -0.2) is 42.6 Å². The topological polar surface area (TPSA) is 93.9 Å². The zero-order chi connectivity index (χ0) is 25.9. The number of hydrogen-bond donors (Lipinski definition) is 1. The number of nitrogens with zero attached hydrogens (tertiary/aromatic N) is 7. The number of hydrogen-bond acceptors (Lipinski definition) is 8. The fraction of sp³-hybridized carbons (Fsp3) is 0.321. The summed E-state index contributed by atoms with van der Waals surface area (Å²) in [7, 11) is 1.98. The fourth-order valence-electron chi connectivity index (χ4n) is 4.36. The van der Waals surface area contributed by atoms with Gasteiger partial charge in [-0.15, -0.1) is 0 Å². The Hall–Kier alpha value is -4.27. The molecular formula is C28H32N8O. The van der Waals surface area contributed by atoms with E-state index in [0.717, 1.165) is 53.3 Å². The van der Waals surface area contributed by atoms with Gasteiger partial charge in [0.25, 0.3) is 0 Å². The van der Waals surface area contributed by atoms with Gasteiger partial charge in [0.1, 0.15) is 28.9 Å². The molecule has 0 spiro atoms. The molecule has 0 aliphatic carbocycles. The van der Waals surface area contributed by atoms with Crippen molar-refractivity contribution in [2.24, 2.45) is 13.0 Å². The van der Waals surface area contributed by atoms with E-state index >= 15 is 0 Å². The van der Waals surface area contributed by atoms with Crippen LogP contribution in [0.4, 0.5) is 17.5 Å². The van der Waals surface area contributed by atoms with E-state index in [0.29, 0.717) is 28.7 Å². The second-order valence-corrected chi connectivity index (χ2v) is 9.68. The highest BCUT2D eigenvalue weighted by molar-refractivity contribution is 5.87. The molecule has 3 aromatic heterocycles. The van der Waals surface area contributed by atoms with Crippen molar-refractivity contribution in [3.05, 3.63) is 60.8 Å². The minimum absolute atomic E-state index is 0.505. The Labute approximate surface area is 216 Å². The van der Waals surface area contributed by atoms with Crippen LogP contribution in [0.2, 0.25) is 0 Å². The second kappa shape index (κ2) is 10.4. The Morgan fingerprint density at radius 2 is 1.89 bits per heavy atom. The molecule has 9 heteroatoms. The minimum Gasteiger partial charge on any atom is -0.457 e. The lowest BCUT2D eigenvalue weighted by molar-refractivity contribution is 0.479. The van der Waals surface area contributed by atoms with Gasteiger partial charge in [0.05, 0.1) is 23.6 Å². The third kappa shape index (κ3) is 5.30. The highest BCUT2D eigenvalue weighted by Crippen LogP contribution is 2.31. The molecule has 0 bridgehead atoms. The van der Waals surface area contributed by atoms with Crippen molar-refractivity contribution in [2.75, 3.05) is 23.3 Å². The van der Waals surface area contributed by atoms with Crippen LogP contribution >= 0.6 is 0 Å². The summed E-state index contributed by atoms with van der Waals surface area (Å²) >= 11 is 0. The van der Waals surface area contributed by atoms with Gasteiger partial charge in [0, 0.05) is 31.9 Å². The highest BCUT2D eigenvalue weighted by Gasteiger charge is 2.15. The van der Waals surface area contributed by atoms with Crippen LogP contribution in [0.15, 0.2) is 55.2 Å². The van der Waals surface area contributed by atoms with Gasteiger partial charge >= 0.3 is 0 Å². The zero-order valence-electron chi connectivity index (χ0n) is 21.9. The summed E-state index contributed by atoms with van der Waals surface area (Å²) in [6.45, 7) is 10.4. The Kier molecular flexibility index (Phi) is 6.85. The molecule has 5 aromatic rings. The molecular weight excluding hydrogens is 464 g/mol. The number of aryl methyl sites for hydroxylation is 2. The molecule has 0 amide bonds. The van der Waals surface area contributed by atoms with E-state index in [9.17, 15) is 0 Å². The van der Waals surface area contributed by atoms with E-state index < -0.39 is 0 Å². The van der Waals surface area contributed by atoms with Gasteiger partial charge < -0.3 is 19.5 Å². The third-order valence-electron chi connectivity index (χ3n) is 6.09. The van der Waals surface area contributed by atoms with Crippen molar-refractivity contribution in [1.82, 2.24) is 29.5 Å². The van der Waals surface area contributed by atoms with Crippen LogP contribution in [0.25, 0.3) is 22.1 Å². The molecule has 9 nitrogen and oxygen atoms in total. The number of anilines is 3. The maximum atomic E-state index is 6.17. The highest BCUT2D eigenvalue weighted by atomic mass is 16.5. The van der Waals surface area contributed by atoms with Gasteiger partial charge in [-0.25, -0.2) is 24.9 Å². The molecule has 37 heavy (non-hydrogen) atoms. The number of fused-ring (bicyclic) bond motifs is 2. The van der Waals surface area contributed by atoms with E-state index in [1.807, 2.05) is 54.9 Å². The first-order chi connectivity index (χ1) is 17.9. The molecule has 0 atom stereocenters. The molecule has 3 heterocycles. The van der Waals surface area contributed by atoms with Gasteiger partial charge in [-0.1, -0.05) is 20.8 Å². The van der Waals surface area contributed by atoms with Gasteiger partial charge in [0.15, 0.2) is 5.82 Å². The molecule has 0 saturated heterocycles. The van der Waals surface area contributed by atoms with Crippen molar-refractivity contribution in [3.63, 3.8) is 0 Å². The molecule has 2 aromatic carbocycles. The summed E-state index contributed by atoms with van der Waals surface area (Å²) in [5, 5.41) is 3.42. The molecule has 0 aliphatic rings. The fourth-order valence-corrected chi connectivity index (χ4v) is 4.36. The van der Waals surface area contributed by atoms with Crippen LogP contribution in [0.1, 0.15) is 32.8 Å². The molecule has 0 unspecified atom stereocenters. The lowest BCUT2D eigenvalue weighted by Gasteiger charge is -2.24. The van der Waals surface area contributed by atoms with Crippen LogP contribution in [0, 0.1) is 12.8 Å². The summed E-state index contributed by atoms with van der Waals surface area (Å²) in [6.07, 6.45) is 6.13. The first kappa shape index (κ1) is 24.4. The Morgan fingerprint density at radius 3 is 2.68 bits per heavy atom. The first-order valence-electron chi connectivity index (χ1n) is 12.6. The smallest absolute Gasteiger partial charge is 0.226 e. The molecule has 0 saturated carbocycles. The van der Waals surface area contributed by atoms with Crippen LogP contribution in [0.3, 0.4) is 0 Å². The standard InChI is InChI=1S/C28H32N8O/c1-6-11-36(15-18(2)3)28-29-14-23-26(34-28)27(31-16-30-23)33-20-7-10-25(19(4)12-20)37-21-8-9-24-22(13-21)32-17-35(24)5/h7-10,12-14,16-18H,6,11,15H2,1-5H3,(H,30,31,33). The number of aromatic nitrogens is 6. The number of ether oxygens (including phenoxy) is 1. The van der Waals surface area contributed by atoms with Gasteiger partial charge in [0.2, 0.25) is 5.95 Å². The van der Waals surface area contributed by atoms with Crippen LogP contribution in [-0.2, 0) is 7.05 Å². The van der Waals surface area contributed by atoms with Crippen molar-refractivity contribution in [3.8, 4) is 11.5 Å². The van der Waals surface area contributed by atoms with Crippen molar-refractivity contribution in [2.45, 2.75) is 34.1 Å². The predicted molar refractivity (Wildman–Crippen MR) is 148 cm³/mol. The Bertz CT molecular complexity index is 1540. The van der Waals surface area contributed by atoms with Crippen LogP contribution < -0.4 is 15.0 Å². The normalized spacial score (nSPS) is 11.4. The molecule has 0 fully saturated rings. The minimum atomic E-state index is 0.505. The van der Waals surface area contributed by atoms with E-state index in [2.05, 4.69) is 50.9 Å². The summed E-state index contributed by atoms with van der Waals surface area (Å²) in [4.78, 5) is 24.9. The molecule has 0 aliphatic heterocycles. The maximum Gasteiger partial charge on any atom is 0.226 e. The number of benzene rings is 2. The second-order valence-electron chi connectivity index (χ2n) is 9.68. The van der Waals surface area contributed by atoms with Gasteiger partial charge in [-0.2, -0.15) is 0 Å². The summed E-state index contributed by atoms with van der Waals surface area (Å²) < 4.78 is 8.16. The predicted octanol–water partition coefficient (Wildman–Crippen LogP) is 6.02. The van der Waals surface area contributed by atoms with Gasteiger partial charge in [-0.05, 0) is 55.2 Å². The summed E-state index contributed by atoms with van der Waals surface area (Å²) in [6, 6.07) is 11.9. The molecule has 5 rings (SSSR count). The molecule has 190 valence electrons. The largest absolute Gasteiger partial charge is 0.457 e. The lowest BCUT2D eigenvalue weighted by atomic mass is 10.2. The van der Waals surface area contributed by atoms with E-state index in [-0.39, 0.29) is 0 Å². The zero-order valence-corrected chi connectivity index (χ0v) is 21.9. The Morgan fingerprint density at radius 1 is 1.03 bits per heavy atom. The first-order valence-corrected chi connectivity index (χ1v) is 12.6. The van der Waals surface area contributed by atoms with Crippen molar-refractivity contribution < 1.29 is 4.74 Å². The summed E-state index contributed by atoms with van der Waals surface area (Å²) in [5.41, 5.74) is 5.24. The molecule has 0 radical (unpaired) electrons. The van der Waals surface area contributed by atoms with Crippen molar-refractivity contribution in [1.29, 1.82) is 0 Å². The van der Waals surface area contributed by atoms with E-state index in [1.54, 1.807) is 12.5 Å². The number of imidazole rings is 1. The maximum absolute atomic E-state index is 6.17.